The quantitative estimate of drug-likeness (QED) is 0.808. The fourth-order valence-corrected chi connectivity index (χ4v) is 2.25. The molecule has 0 aliphatic carbocycles. The summed E-state index contributed by atoms with van der Waals surface area (Å²) in [5, 5.41) is 6.27. The molecule has 0 saturated heterocycles. The number of halogens is 1. The molecule has 6 heteroatoms. The number of carbonyl (C=O) groups excluding carboxylic acids is 1. The van der Waals surface area contributed by atoms with Crippen LogP contribution in [0.1, 0.15) is 6.92 Å². The molecule has 0 fully saturated rings. The third kappa shape index (κ3) is 5.07. The van der Waals surface area contributed by atoms with Crippen molar-refractivity contribution in [2.75, 3.05) is 30.9 Å². The van der Waals surface area contributed by atoms with Gasteiger partial charge in [0.15, 0.2) is 0 Å². The van der Waals surface area contributed by atoms with Crippen molar-refractivity contribution in [1.29, 1.82) is 0 Å². The lowest BCUT2D eigenvalue weighted by molar-refractivity contribution is -0.114. The first kappa shape index (κ1) is 17.0. The molecule has 2 aromatic rings. The van der Waals surface area contributed by atoms with E-state index in [-0.39, 0.29) is 12.5 Å². The standard InChI is InChI=1S/C17H19ClN2O3/c1-3-23-14-6-4-5-12(9-14)19-11-17(21)20-13-7-8-16(22-2)15(18)10-13/h4-10,19H,3,11H2,1-2H3,(H,20,21). The van der Waals surface area contributed by atoms with Crippen molar-refractivity contribution >= 4 is 28.9 Å². The second kappa shape index (κ2) is 8.29. The van der Waals surface area contributed by atoms with Crippen molar-refractivity contribution in [3.8, 4) is 11.5 Å². The monoisotopic (exact) mass is 334 g/mol. The zero-order valence-corrected chi connectivity index (χ0v) is 13.8. The summed E-state index contributed by atoms with van der Waals surface area (Å²) < 4.78 is 10.5. The molecular formula is C17H19ClN2O3. The van der Waals surface area contributed by atoms with Crippen molar-refractivity contribution in [1.82, 2.24) is 0 Å². The van der Waals surface area contributed by atoms with Crippen LogP contribution >= 0.6 is 11.6 Å². The summed E-state index contributed by atoms with van der Waals surface area (Å²) in [7, 11) is 1.54. The van der Waals surface area contributed by atoms with E-state index in [2.05, 4.69) is 10.6 Å². The molecule has 23 heavy (non-hydrogen) atoms. The van der Waals surface area contributed by atoms with E-state index in [0.29, 0.717) is 23.1 Å². The van der Waals surface area contributed by atoms with Gasteiger partial charge >= 0.3 is 0 Å². The fourth-order valence-electron chi connectivity index (χ4n) is 1.99. The molecular weight excluding hydrogens is 316 g/mol. The summed E-state index contributed by atoms with van der Waals surface area (Å²) in [6.45, 7) is 2.66. The lowest BCUT2D eigenvalue weighted by Crippen LogP contribution is -2.21. The molecule has 2 rings (SSSR count). The summed E-state index contributed by atoms with van der Waals surface area (Å²) in [6, 6.07) is 12.5. The van der Waals surface area contributed by atoms with E-state index in [9.17, 15) is 4.79 Å². The number of benzene rings is 2. The van der Waals surface area contributed by atoms with Crippen LogP contribution in [0.4, 0.5) is 11.4 Å². The first-order chi connectivity index (χ1) is 11.1. The van der Waals surface area contributed by atoms with Gasteiger partial charge in [-0.1, -0.05) is 17.7 Å². The summed E-state index contributed by atoms with van der Waals surface area (Å²) in [6.07, 6.45) is 0. The third-order valence-corrected chi connectivity index (χ3v) is 3.33. The number of methoxy groups -OCH3 is 1. The Morgan fingerprint density at radius 1 is 1.17 bits per heavy atom. The zero-order chi connectivity index (χ0) is 16.7. The van der Waals surface area contributed by atoms with Gasteiger partial charge in [0.1, 0.15) is 11.5 Å². The first-order valence-electron chi connectivity index (χ1n) is 7.22. The van der Waals surface area contributed by atoms with Crippen LogP contribution in [-0.4, -0.2) is 26.2 Å². The molecule has 2 aromatic carbocycles. The molecule has 1 amide bonds. The average Bonchev–Trinajstić information content (AvgIpc) is 2.54. The second-order valence-corrected chi connectivity index (χ2v) is 5.12. The van der Waals surface area contributed by atoms with Gasteiger partial charge in [0.2, 0.25) is 5.91 Å². The van der Waals surface area contributed by atoms with E-state index in [1.165, 1.54) is 0 Å². The summed E-state index contributed by atoms with van der Waals surface area (Å²) in [4.78, 5) is 12.0. The summed E-state index contributed by atoms with van der Waals surface area (Å²) in [5.74, 6) is 1.16. The van der Waals surface area contributed by atoms with Crippen LogP contribution in [0, 0.1) is 0 Å². The van der Waals surface area contributed by atoms with Crippen LogP contribution in [0.3, 0.4) is 0 Å². The highest BCUT2D eigenvalue weighted by Gasteiger charge is 2.06. The first-order valence-corrected chi connectivity index (χ1v) is 7.60. The van der Waals surface area contributed by atoms with E-state index < -0.39 is 0 Å². The minimum Gasteiger partial charge on any atom is -0.495 e. The number of ether oxygens (including phenoxy) is 2. The lowest BCUT2D eigenvalue weighted by Gasteiger charge is -2.10. The van der Waals surface area contributed by atoms with Gasteiger partial charge in [0.05, 0.1) is 25.3 Å². The molecule has 0 aliphatic rings. The van der Waals surface area contributed by atoms with Gasteiger partial charge in [-0.05, 0) is 37.3 Å². The highest BCUT2D eigenvalue weighted by Crippen LogP contribution is 2.27. The van der Waals surface area contributed by atoms with Gasteiger partial charge in [-0.3, -0.25) is 4.79 Å². The van der Waals surface area contributed by atoms with Crippen LogP contribution in [-0.2, 0) is 4.79 Å². The molecule has 2 N–H and O–H groups in total. The molecule has 0 radical (unpaired) electrons. The molecule has 0 saturated carbocycles. The third-order valence-electron chi connectivity index (χ3n) is 3.03. The SMILES string of the molecule is CCOc1cccc(NCC(=O)Nc2ccc(OC)c(Cl)c2)c1. The summed E-state index contributed by atoms with van der Waals surface area (Å²) >= 11 is 6.03. The number of hydrogen-bond acceptors (Lipinski definition) is 4. The van der Waals surface area contributed by atoms with Gasteiger partial charge in [-0.25, -0.2) is 0 Å². The topological polar surface area (TPSA) is 59.6 Å². The minimum absolute atomic E-state index is 0.138. The van der Waals surface area contributed by atoms with E-state index in [1.807, 2.05) is 31.2 Å². The summed E-state index contributed by atoms with van der Waals surface area (Å²) in [5.41, 5.74) is 1.43. The molecule has 0 heterocycles. The molecule has 0 unspecified atom stereocenters. The maximum atomic E-state index is 12.0. The van der Waals surface area contributed by atoms with Crippen molar-refractivity contribution in [3.05, 3.63) is 47.5 Å². The lowest BCUT2D eigenvalue weighted by atomic mass is 10.3. The van der Waals surface area contributed by atoms with Crippen molar-refractivity contribution in [2.45, 2.75) is 6.92 Å². The Hall–Kier alpha value is -2.40. The molecule has 0 bridgehead atoms. The average molecular weight is 335 g/mol. The molecule has 0 spiro atoms. The Morgan fingerprint density at radius 3 is 2.70 bits per heavy atom. The number of anilines is 2. The normalized spacial score (nSPS) is 10.0. The van der Waals surface area contributed by atoms with E-state index in [0.717, 1.165) is 11.4 Å². The molecule has 0 atom stereocenters. The van der Waals surface area contributed by atoms with Crippen LogP contribution in [0.25, 0.3) is 0 Å². The molecule has 122 valence electrons. The van der Waals surface area contributed by atoms with E-state index in [1.54, 1.807) is 25.3 Å². The molecule has 0 aliphatic heterocycles. The highest BCUT2D eigenvalue weighted by atomic mass is 35.5. The second-order valence-electron chi connectivity index (χ2n) is 4.71. The molecule has 0 aromatic heterocycles. The van der Waals surface area contributed by atoms with Gasteiger partial charge in [0, 0.05) is 17.4 Å². The Kier molecular flexibility index (Phi) is 6.11. The fraction of sp³-hybridized carbons (Fsp3) is 0.235. The van der Waals surface area contributed by atoms with E-state index >= 15 is 0 Å². The van der Waals surface area contributed by atoms with Crippen LogP contribution in [0.5, 0.6) is 11.5 Å². The van der Waals surface area contributed by atoms with Crippen LogP contribution in [0.15, 0.2) is 42.5 Å². The van der Waals surface area contributed by atoms with Gasteiger partial charge in [-0.15, -0.1) is 0 Å². The molecule has 5 nitrogen and oxygen atoms in total. The van der Waals surface area contributed by atoms with Gasteiger partial charge in [-0.2, -0.15) is 0 Å². The van der Waals surface area contributed by atoms with Crippen molar-refractivity contribution in [3.63, 3.8) is 0 Å². The van der Waals surface area contributed by atoms with Crippen LogP contribution in [0.2, 0.25) is 5.02 Å². The van der Waals surface area contributed by atoms with Crippen LogP contribution < -0.4 is 20.1 Å². The van der Waals surface area contributed by atoms with Gasteiger partial charge in [0.25, 0.3) is 0 Å². The minimum atomic E-state index is -0.173. The van der Waals surface area contributed by atoms with E-state index in [4.69, 9.17) is 21.1 Å². The van der Waals surface area contributed by atoms with Crippen molar-refractivity contribution in [2.24, 2.45) is 0 Å². The van der Waals surface area contributed by atoms with Crippen molar-refractivity contribution < 1.29 is 14.3 Å². The number of carbonyl (C=O) groups is 1. The Balaban J connectivity index is 1.90. The van der Waals surface area contributed by atoms with Gasteiger partial charge < -0.3 is 20.1 Å². The highest BCUT2D eigenvalue weighted by molar-refractivity contribution is 6.32. The maximum Gasteiger partial charge on any atom is 0.243 e. The maximum absolute atomic E-state index is 12.0. The Bertz CT molecular complexity index is 677. The largest absolute Gasteiger partial charge is 0.495 e. The number of hydrogen-bond donors (Lipinski definition) is 2. The number of nitrogens with one attached hydrogen (secondary N) is 2. The number of rotatable bonds is 7. The number of amides is 1. The smallest absolute Gasteiger partial charge is 0.243 e. The predicted octanol–water partition coefficient (Wildman–Crippen LogP) is 3.80. The zero-order valence-electron chi connectivity index (χ0n) is 13.1. The Morgan fingerprint density at radius 2 is 2.00 bits per heavy atom. The predicted molar refractivity (Wildman–Crippen MR) is 92.7 cm³/mol. The Labute approximate surface area is 140 Å².